The molecular weight excluding hydrogens is 386 g/mol. The van der Waals surface area contributed by atoms with E-state index in [1.54, 1.807) is 0 Å². The minimum atomic E-state index is 0.237. The Bertz CT molecular complexity index is 524. The van der Waals surface area contributed by atoms with Crippen molar-refractivity contribution in [3.63, 3.8) is 0 Å². The molecule has 2 N–H and O–H groups in total. The van der Waals surface area contributed by atoms with Gasteiger partial charge < -0.3 is 15.5 Å². The topological polar surface area (TPSA) is 45.6 Å². The molecule has 2 unspecified atom stereocenters. The van der Waals surface area contributed by atoms with Gasteiger partial charge in [0.05, 0.1) is 21.6 Å². The number of benzene rings is 1. The van der Waals surface area contributed by atoms with Gasteiger partial charge in [0.25, 0.3) is 0 Å². The molecule has 0 spiro atoms. The molecule has 2 atom stereocenters. The molecule has 1 aromatic carbocycles. The van der Waals surface area contributed by atoms with Crippen molar-refractivity contribution in [2.24, 2.45) is 11.0 Å². The summed E-state index contributed by atoms with van der Waals surface area (Å²) in [6.45, 7) is 4.65. The SMILES string of the molecule is CCOc1c(Br)cc(C2NN=C3CCNCC32)cc1Br. The third kappa shape index (κ3) is 2.61. The van der Waals surface area contributed by atoms with Gasteiger partial charge in [-0.25, -0.2) is 0 Å². The zero-order valence-electron chi connectivity index (χ0n) is 11.2. The fourth-order valence-corrected chi connectivity index (χ4v) is 4.27. The Balaban J connectivity index is 1.88. The molecule has 2 aliphatic rings. The third-order valence-electron chi connectivity index (χ3n) is 3.77. The largest absolute Gasteiger partial charge is 0.492 e. The van der Waals surface area contributed by atoms with E-state index < -0.39 is 0 Å². The van der Waals surface area contributed by atoms with Crippen LogP contribution in [0.4, 0.5) is 0 Å². The first-order valence-electron chi connectivity index (χ1n) is 6.85. The summed E-state index contributed by atoms with van der Waals surface area (Å²) in [7, 11) is 0. The summed E-state index contributed by atoms with van der Waals surface area (Å²) in [5.41, 5.74) is 5.80. The third-order valence-corrected chi connectivity index (χ3v) is 4.95. The molecule has 1 aromatic rings. The first-order valence-corrected chi connectivity index (χ1v) is 8.43. The van der Waals surface area contributed by atoms with Crippen LogP contribution in [-0.2, 0) is 0 Å². The van der Waals surface area contributed by atoms with Crippen LogP contribution in [0.1, 0.15) is 24.9 Å². The van der Waals surface area contributed by atoms with Crippen LogP contribution in [0, 0.1) is 5.92 Å². The summed E-state index contributed by atoms with van der Waals surface area (Å²) in [5, 5.41) is 7.95. The molecule has 108 valence electrons. The van der Waals surface area contributed by atoms with Gasteiger partial charge >= 0.3 is 0 Å². The second kappa shape index (κ2) is 6.03. The predicted octanol–water partition coefficient (Wildman–Crippen LogP) is 3.22. The van der Waals surface area contributed by atoms with Gasteiger partial charge in [-0.1, -0.05) is 0 Å². The number of halogens is 2. The van der Waals surface area contributed by atoms with Gasteiger partial charge in [-0.05, 0) is 56.5 Å². The van der Waals surface area contributed by atoms with Crippen LogP contribution >= 0.6 is 31.9 Å². The minimum absolute atomic E-state index is 0.237. The van der Waals surface area contributed by atoms with Crippen LogP contribution in [0.3, 0.4) is 0 Å². The minimum Gasteiger partial charge on any atom is -0.492 e. The van der Waals surface area contributed by atoms with Gasteiger partial charge in [0, 0.05) is 31.1 Å². The number of nitrogens with zero attached hydrogens (tertiary/aromatic N) is 1. The maximum absolute atomic E-state index is 5.64. The van der Waals surface area contributed by atoms with Gasteiger partial charge in [-0.2, -0.15) is 5.10 Å². The standard InChI is InChI=1S/C14H17Br2N3O/c1-2-20-14-10(15)5-8(6-11(14)16)13-9-7-17-4-3-12(9)18-19-13/h5-6,9,13,17,19H,2-4,7H2,1H3. The molecule has 4 nitrogen and oxygen atoms in total. The van der Waals surface area contributed by atoms with E-state index in [1.807, 2.05) is 6.92 Å². The van der Waals surface area contributed by atoms with Gasteiger partial charge in [-0.15, -0.1) is 0 Å². The number of nitrogens with one attached hydrogen (secondary N) is 2. The molecular formula is C14H17Br2N3O. The van der Waals surface area contributed by atoms with E-state index >= 15 is 0 Å². The van der Waals surface area contributed by atoms with E-state index in [0.717, 1.165) is 34.2 Å². The number of piperidine rings is 1. The summed E-state index contributed by atoms with van der Waals surface area (Å²) < 4.78 is 7.59. The number of hydrogen-bond acceptors (Lipinski definition) is 4. The first kappa shape index (κ1) is 14.4. The number of ether oxygens (including phenoxy) is 1. The van der Waals surface area contributed by atoms with E-state index in [1.165, 1.54) is 11.3 Å². The van der Waals surface area contributed by atoms with Crippen LogP contribution < -0.4 is 15.5 Å². The van der Waals surface area contributed by atoms with Crippen molar-refractivity contribution >= 4 is 37.6 Å². The monoisotopic (exact) mass is 401 g/mol. The van der Waals surface area contributed by atoms with E-state index in [9.17, 15) is 0 Å². The number of hydrazone groups is 1. The smallest absolute Gasteiger partial charge is 0.147 e. The molecule has 0 aliphatic carbocycles. The van der Waals surface area contributed by atoms with Gasteiger partial charge in [0.15, 0.2) is 0 Å². The molecule has 2 aliphatic heterocycles. The summed E-state index contributed by atoms with van der Waals surface area (Å²) in [6.07, 6.45) is 1.04. The van der Waals surface area contributed by atoms with Crippen molar-refractivity contribution in [2.75, 3.05) is 19.7 Å². The lowest BCUT2D eigenvalue weighted by Crippen LogP contribution is -2.38. The van der Waals surface area contributed by atoms with E-state index in [-0.39, 0.29) is 6.04 Å². The maximum Gasteiger partial charge on any atom is 0.147 e. The molecule has 0 saturated carbocycles. The fraction of sp³-hybridized carbons (Fsp3) is 0.500. The number of hydrogen-bond donors (Lipinski definition) is 2. The highest BCUT2D eigenvalue weighted by Gasteiger charge is 2.34. The average Bonchev–Trinajstić information content (AvgIpc) is 2.86. The lowest BCUT2D eigenvalue weighted by atomic mass is 9.87. The molecule has 2 heterocycles. The normalized spacial score (nSPS) is 24.9. The molecule has 0 radical (unpaired) electrons. The zero-order chi connectivity index (χ0) is 14.1. The maximum atomic E-state index is 5.64. The van der Waals surface area contributed by atoms with Crippen LogP contribution in [0.15, 0.2) is 26.2 Å². The molecule has 0 amide bonds. The molecule has 1 saturated heterocycles. The summed E-state index contributed by atoms with van der Waals surface area (Å²) in [4.78, 5) is 0. The number of fused-ring (bicyclic) bond motifs is 1. The van der Waals surface area contributed by atoms with Crippen LogP contribution in [0.2, 0.25) is 0 Å². The Morgan fingerprint density at radius 3 is 2.80 bits per heavy atom. The second-order valence-corrected chi connectivity index (χ2v) is 6.73. The Hall–Kier alpha value is -0.590. The summed E-state index contributed by atoms with van der Waals surface area (Å²) in [5.74, 6) is 1.30. The van der Waals surface area contributed by atoms with Crippen LogP contribution in [-0.4, -0.2) is 25.4 Å². The van der Waals surface area contributed by atoms with E-state index in [0.29, 0.717) is 12.5 Å². The molecule has 20 heavy (non-hydrogen) atoms. The zero-order valence-corrected chi connectivity index (χ0v) is 14.4. The Morgan fingerprint density at radius 2 is 2.10 bits per heavy atom. The van der Waals surface area contributed by atoms with Crippen LogP contribution in [0.25, 0.3) is 0 Å². The molecule has 3 rings (SSSR count). The number of rotatable bonds is 3. The second-order valence-electron chi connectivity index (χ2n) is 5.02. The summed E-state index contributed by atoms with van der Waals surface area (Å²) in [6, 6.07) is 4.49. The molecule has 6 heteroatoms. The van der Waals surface area contributed by atoms with Gasteiger partial charge in [-0.3, -0.25) is 0 Å². The predicted molar refractivity (Wildman–Crippen MR) is 87.3 cm³/mol. The van der Waals surface area contributed by atoms with Crippen molar-refractivity contribution in [3.05, 3.63) is 26.6 Å². The molecule has 0 aromatic heterocycles. The Morgan fingerprint density at radius 1 is 1.35 bits per heavy atom. The summed E-state index contributed by atoms with van der Waals surface area (Å²) >= 11 is 7.20. The fourth-order valence-electron chi connectivity index (χ4n) is 2.82. The van der Waals surface area contributed by atoms with Crippen molar-refractivity contribution in [1.29, 1.82) is 0 Å². The average molecular weight is 403 g/mol. The lowest BCUT2D eigenvalue weighted by Gasteiger charge is -2.25. The molecule has 0 bridgehead atoms. The highest BCUT2D eigenvalue weighted by molar-refractivity contribution is 9.11. The highest BCUT2D eigenvalue weighted by atomic mass is 79.9. The van der Waals surface area contributed by atoms with Gasteiger partial charge in [0.1, 0.15) is 5.75 Å². The molecule has 1 fully saturated rings. The lowest BCUT2D eigenvalue weighted by molar-refractivity contribution is 0.335. The van der Waals surface area contributed by atoms with Crippen molar-refractivity contribution < 1.29 is 4.74 Å². The van der Waals surface area contributed by atoms with Crippen molar-refractivity contribution in [1.82, 2.24) is 10.7 Å². The highest BCUT2D eigenvalue weighted by Crippen LogP contribution is 2.39. The quantitative estimate of drug-likeness (QED) is 0.815. The Kier molecular flexibility index (Phi) is 4.33. The first-order chi connectivity index (χ1) is 9.70. The Labute approximate surface area is 135 Å². The van der Waals surface area contributed by atoms with E-state index in [4.69, 9.17) is 4.74 Å². The van der Waals surface area contributed by atoms with Gasteiger partial charge in [0.2, 0.25) is 0 Å². The van der Waals surface area contributed by atoms with Crippen molar-refractivity contribution in [3.8, 4) is 5.75 Å². The van der Waals surface area contributed by atoms with Crippen molar-refractivity contribution in [2.45, 2.75) is 19.4 Å². The van der Waals surface area contributed by atoms with E-state index in [2.05, 4.69) is 59.8 Å². The van der Waals surface area contributed by atoms with Crippen LogP contribution in [0.5, 0.6) is 5.75 Å².